The van der Waals surface area contributed by atoms with Gasteiger partial charge in [-0.2, -0.15) is 0 Å². The molecule has 0 aliphatic carbocycles. The SMILES string of the molecule is CC(CN)c1ccc(N2CC3CCC(C2)N3C(=O)OC(C)(C)C)c(F)c1. The number of rotatable bonds is 3. The van der Waals surface area contributed by atoms with Gasteiger partial charge in [0.15, 0.2) is 0 Å². The third-order valence-corrected chi connectivity index (χ3v) is 5.32. The quantitative estimate of drug-likeness (QED) is 0.893. The minimum Gasteiger partial charge on any atom is -0.444 e. The van der Waals surface area contributed by atoms with Gasteiger partial charge in [0, 0.05) is 13.1 Å². The van der Waals surface area contributed by atoms with Crippen LogP contribution in [-0.4, -0.2) is 48.3 Å². The number of benzene rings is 1. The second-order valence-electron chi connectivity index (χ2n) is 8.53. The lowest BCUT2D eigenvalue weighted by atomic mass is 10.0. The predicted octanol–water partition coefficient (Wildman–Crippen LogP) is 3.48. The van der Waals surface area contributed by atoms with Gasteiger partial charge in [0.2, 0.25) is 0 Å². The standard InChI is InChI=1S/C20H30FN3O2/c1-13(10-22)14-5-8-18(17(21)9-14)23-11-15-6-7-16(12-23)24(15)19(25)26-20(2,3)4/h5,8-9,13,15-16H,6-7,10-12,22H2,1-4H3. The van der Waals surface area contributed by atoms with Crippen LogP contribution in [0.4, 0.5) is 14.9 Å². The van der Waals surface area contributed by atoms with Gasteiger partial charge in [-0.3, -0.25) is 4.90 Å². The van der Waals surface area contributed by atoms with Crippen molar-refractivity contribution in [3.63, 3.8) is 0 Å². The average Bonchev–Trinajstić information content (AvgIpc) is 2.83. The number of nitrogens with zero attached hydrogens (tertiary/aromatic N) is 2. The molecular weight excluding hydrogens is 333 g/mol. The van der Waals surface area contributed by atoms with Gasteiger partial charge in [-0.05, 0) is 63.8 Å². The Morgan fingerprint density at radius 3 is 2.42 bits per heavy atom. The van der Waals surface area contributed by atoms with Crippen molar-refractivity contribution in [3.8, 4) is 0 Å². The summed E-state index contributed by atoms with van der Waals surface area (Å²) in [5.74, 6) is -0.0772. The summed E-state index contributed by atoms with van der Waals surface area (Å²) in [6, 6.07) is 5.54. The van der Waals surface area contributed by atoms with Gasteiger partial charge in [-0.1, -0.05) is 13.0 Å². The van der Waals surface area contributed by atoms with Crippen molar-refractivity contribution < 1.29 is 13.9 Å². The molecule has 2 bridgehead atoms. The van der Waals surface area contributed by atoms with Crippen LogP contribution >= 0.6 is 0 Å². The topological polar surface area (TPSA) is 58.8 Å². The van der Waals surface area contributed by atoms with Crippen LogP contribution in [0.3, 0.4) is 0 Å². The monoisotopic (exact) mass is 363 g/mol. The van der Waals surface area contributed by atoms with Gasteiger partial charge in [-0.15, -0.1) is 0 Å². The number of amides is 1. The summed E-state index contributed by atoms with van der Waals surface area (Å²) in [5.41, 5.74) is 6.71. The molecule has 5 nitrogen and oxygen atoms in total. The molecule has 2 aliphatic rings. The van der Waals surface area contributed by atoms with Crippen molar-refractivity contribution >= 4 is 11.8 Å². The Labute approximate surface area is 155 Å². The summed E-state index contributed by atoms with van der Waals surface area (Å²) in [4.78, 5) is 16.5. The highest BCUT2D eigenvalue weighted by Crippen LogP contribution is 2.35. The zero-order chi connectivity index (χ0) is 19.1. The van der Waals surface area contributed by atoms with Crippen LogP contribution in [-0.2, 0) is 4.74 Å². The predicted molar refractivity (Wildman–Crippen MR) is 101 cm³/mol. The van der Waals surface area contributed by atoms with Crippen LogP contribution in [0, 0.1) is 5.82 Å². The third-order valence-electron chi connectivity index (χ3n) is 5.32. The van der Waals surface area contributed by atoms with Gasteiger partial charge in [0.25, 0.3) is 0 Å². The fourth-order valence-corrected chi connectivity index (χ4v) is 3.93. The molecule has 0 saturated carbocycles. The Kier molecular flexibility index (Phi) is 5.15. The molecule has 3 atom stereocenters. The van der Waals surface area contributed by atoms with E-state index in [1.165, 1.54) is 0 Å². The Bertz CT molecular complexity index is 660. The number of carbonyl (C=O) groups is 1. The van der Waals surface area contributed by atoms with Crippen molar-refractivity contribution in [3.05, 3.63) is 29.6 Å². The fourth-order valence-electron chi connectivity index (χ4n) is 3.93. The summed E-state index contributed by atoms with van der Waals surface area (Å²) in [5, 5.41) is 0. The molecule has 6 heteroatoms. The molecule has 3 unspecified atom stereocenters. The zero-order valence-corrected chi connectivity index (χ0v) is 16.2. The highest BCUT2D eigenvalue weighted by Gasteiger charge is 2.44. The second-order valence-corrected chi connectivity index (χ2v) is 8.53. The highest BCUT2D eigenvalue weighted by atomic mass is 19.1. The molecule has 26 heavy (non-hydrogen) atoms. The normalized spacial score (nSPS) is 23.9. The molecule has 0 radical (unpaired) electrons. The molecule has 2 saturated heterocycles. The zero-order valence-electron chi connectivity index (χ0n) is 16.2. The van der Waals surface area contributed by atoms with E-state index in [2.05, 4.69) is 4.90 Å². The van der Waals surface area contributed by atoms with E-state index < -0.39 is 5.60 Å². The smallest absolute Gasteiger partial charge is 0.410 e. The van der Waals surface area contributed by atoms with E-state index in [1.807, 2.05) is 44.7 Å². The van der Waals surface area contributed by atoms with Crippen LogP contribution in [0.15, 0.2) is 18.2 Å². The summed E-state index contributed by atoms with van der Waals surface area (Å²) in [6.45, 7) is 9.40. The Morgan fingerprint density at radius 1 is 1.31 bits per heavy atom. The lowest BCUT2D eigenvalue weighted by molar-refractivity contribution is 0.0123. The number of fused-ring (bicyclic) bond motifs is 2. The summed E-state index contributed by atoms with van der Waals surface area (Å²) >= 11 is 0. The van der Waals surface area contributed by atoms with Crippen LogP contribution < -0.4 is 10.6 Å². The molecule has 2 aliphatic heterocycles. The molecule has 144 valence electrons. The molecule has 2 fully saturated rings. The first-order valence-corrected chi connectivity index (χ1v) is 9.45. The number of piperazine rings is 1. The molecule has 0 aromatic heterocycles. The molecule has 1 aromatic rings. The van der Waals surface area contributed by atoms with Crippen LogP contribution in [0.2, 0.25) is 0 Å². The average molecular weight is 363 g/mol. The van der Waals surface area contributed by atoms with Crippen LogP contribution in [0.25, 0.3) is 0 Å². The summed E-state index contributed by atoms with van der Waals surface area (Å²) in [6.07, 6.45) is 1.62. The molecule has 3 rings (SSSR count). The molecule has 2 N–H and O–H groups in total. The minimum absolute atomic E-state index is 0.0747. The maximum atomic E-state index is 14.7. The lowest BCUT2D eigenvalue weighted by Crippen LogP contribution is -2.57. The van der Waals surface area contributed by atoms with Crippen molar-refractivity contribution in [2.24, 2.45) is 5.73 Å². The van der Waals surface area contributed by atoms with Gasteiger partial charge in [0.05, 0.1) is 17.8 Å². The number of hydrogen-bond acceptors (Lipinski definition) is 4. The first-order valence-electron chi connectivity index (χ1n) is 9.45. The summed E-state index contributed by atoms with van der Waals surface area (Å²) < 4.78 is 20.3. The molecule has 2 heterocycles. The lowest BCUT2D eigenvalue weighted by Gasteiger charge is -2.42. The highest BCUT2D eigenvalue weighted by molar-refractivity contribution is 5.70. The number of hydrogen-bond donors (Lipinski definition) is 1. The number of carbonyl (C=O) groups excluding carboxylic acids is 1. The maximum Gasteiger partial charge on any atom is 0.410 e. The van der Waals surface area contributed by atoms with E-state index in [9.17, 15) is 9.18 Å². The summed E-state index contributed by atoms with van der Waals surface area (Å²) in [7, 11) is 0. The van der Waals surface area contributed by atoms with Gasteiger partial charge in [0.1, 0.15) is 11.4 Å². The van der Waals surface area contributed by atoms with Crippen molar-refractivity contribution in [1.29, 1.82) is 0 Å². The van der Waals surface area contributed by atoms with Crippen molar-refractivity contribution in [2.75, 3.05) is 24.5 Å². The van der Waals surface area contributed by atoms with E-state index in [1.54, 1.807) is 6.07 Å². The molecule has 1 aromatic carbocycles. The fraction of sp³-hybridized carbons (Fsp3) is 0.650. The van der Waals surface area contributed by atoms with E-state index in [4.69, 9.17) is 10.5 Å². The van der Waals surface area contributed by atoms with E-state index in [0.717, 1.165) is 18.4 Å². The van der Waals surface area contributed by atoms with Crippen molar-refractivity contribution in [1.82, 2.24) is 4.90 Å². The Balaban J connectivity index is 1.74. The second kappa shape index (κ2) is 7.06. The van der Waals surface area contributed by atoms with Crippen molar-refractivity contribution in [2.45, 2.75) is 64.1 Å². The molecular formula is C20H30FN3O2. The first-order chi connectivity index (χ1) is 12.2. The number of halogens is 1. The number of ether oxygens (including phenoxy) is 1. The number of anilines is 1. The third kappa shape index (κ3) is 3.80. The van der Waals surface area contributed by atoms with Gasteiger partial charge >= 0.3 is 6.09 Å². The Hall–Kier alpha value is -1.82. The maximum absolute atomic E-state index is 14.7. The number of nitrogens with two attached hydrogens (primary N) is 1. The van der Waals surface area contributed by atoms with Crippen LogP contribution in [0.5, 0.6) is 0 Å². The minimum atomic E-state index is -0.505. The van der Waals surface area contributed by atoms with Gasteiger partial charge in [-0.25, -0.2) is 9.18 Å². The first kappa shape index (κ1) is 19.0. The largest absolute Gasteiger partial charge is 0.444 e. The molecule has 1 amide bonds. The van der Waals surface area contributed by atoms with E-state index in [-0.39, 0.29) is 29.9 Å². The Morgan fingerprint density at radius 2 is 1.92 bits per heavy atom. The van der Waals surface area contributed by atoms with Crippen LogP contribution in [0.1, 0.15) is 52.0 Å². The van der Waals surface area contributed by atoms with E-state index >= 15 is 0 Å². The van der Waals surface area contributed by atoms with E-state index in [0.29, 0.717) is 25.3 Å². The molecule has 0 spiro atoms. The van der Waals surface area contributed by atoms with Gasteiger partial charge < -0.3 is 15.4 Å².